The largest absolute Gasteiger partial charge is 0.491 e. The van der Waals surface area contributed by atoms with E-state index in [4.69, 9.17) is 14.7 Å². The highest BCUT2D eigenvalue weighted by Gasteiger charge is 2.25. The van der Waals surface area contributed by atoms with Crippen molar-refractivity contribution in [1.82, 2.24) is 4.98 Å². The second-order valence-corrected chi connectivity index (χ2v) is 3.15. The van der Waals surface area contributed by atoms with Crippen molar-refractivity contribution in [2.75, 3.05) is 7.11 Å². The van der Waals surface area contributed by atoms with Gasteiger partial charge in [0.05, 0.1) is 19.4 Å². The summed E-state index contributed by atoms with van der Waals surface area (Å²) in [6.07, 6.45) is 3.95. The number of nitriles is 1. The Morgan fingerprint density at radius 2 is 2.29 bits per heavy atom. The first-order valence-electron chi connectivity index (χ1n) is 4.44. The first-order valence-corrected chi connectivity index (χ1v) is 4.44. The van der Waals surface area contributed by atoms with Crippen molar-refractivity contribution in [2.24, 2.45) is 0 Å². The zero-order valence-corrected chi connectivity index (χ0v) is 7.86. The molecule has 1 fully saturated rings. The standard InChI is InChI=1S/C10H10N2O2/c1-13-10-6-12-7(5-11)4-9(10)14-8-2-3-8/h4,6,8H,2-3H2,1H3. The van der Waals surface area contributed by atoms with Gasteiger partial charge in [-0.05, 0) is 12.8 Å². The molecule has 1 aromatic rings. The molecule has 0 saturated heterocycles. The Labute approximate surface area is 82.1 Å². The molecule has 2 rings (SSSR count). The number of methoxy groups -OCH3 is 1. The van der Waals surface area contributed by atoms with Crippen LogP contribution in [-0.2, 0) is 0 Å². The van der Waals surface area contributed by atoms with Crippen LogP contribution in [0.15, 0.2) is 12.3 Å². The smallest absolute Gasteiger partial charge is 0.179 e. The molecule has 1 aromatic heterocycles. The summed E-state index contributed by atoms with van der Waals surface area (Å²) < 4.78 is 10.7. The second kappa shape index (κ2) is 3.54. The Kier molecular flexibility index (Phi) is 2.23. The molecule has 1 heterocycles. The Morgan fingerprint density at radius 3 is 2.86 bits per heavy atom. The van der Waals surface area contributed by atoms with Gasteiger partial charge in [-0.1, -0.05) is 0 Å². The Morgan fingerprint density at radius 1 is 1.50 bits per heavy atom. The summed E-state index contributed by atoms with van der Waals surface area (Å²) in [5, 5.41) is 8.67. The summed E-state index contributed by atoms with van der Waals surface area (Å²) in [5.74, 6) is 1.19. The first kappa shape index (κ1) is 8.82. The monoisotopic (exact) mass is 190 g/mol. The maximum atomic E-state index is 8.67. The lowest BCUT2D eigenvalue weighted by molar-refractivity contribution is 0.281. The van der Waals surface area contributed by atoms with Crippen LogP contribution in [0.5, 0.6) is 11.5 Å². The summed E-state index contributed by atoms with van der Waals surface area (Å²) in [7, 11) is 1.56. The normalized spacial score (nSPS) is 14.6. The first-order chi connectivity index (χ1) is 6.83. The lowest BCUT2D eigenvalue weighted by Crippen LogP contribution is -1.99. The lowest BCUT2D eigenvalue weighted by Gasteiger charge is -2.08. The maximum Gasteiger partial charge on any atom is 0.179 e. The highest BCUT2D eigenvalue weighted by atomic mass is 16.5. The highest BCUT2D eigenvalue weighted by Crippen LogP contribution is 2.33. The van der Waals surface area contributed by atoms with Gasteiger partial charge in [0.2, 0.25) is 0 Å². The van der Waals surface area contributed by atoms with Crippen molar-refractivity contribution in [3.05, 3.63) is 18.0 Å². The molecule has 0 atom stereocenters. The van der Waals surface area contributed by atoms with Crippen LogP contribution in [0.1, 0.15) is 18.5 Å². The number of ether oxygens (including phenoxy) is 2. The lowest BCUT2D eigenvalue weighted by atomic mass is 10.3. The van der Waals surface area contributed by atoms with E-state index in [0.29, 0.717) is 17.2 Å². The van der Waals surface area contributed by atoms with Crippen LogP contribution >= 0.6 is 0 Å². The van der Waals surface area contributed by atoms with Gasteiger partial charge in [0.1, 0.15) is 11.8 Å². The number of hydrogen-bond acceptors (Lipinski definition) is 4. The summed E-state index contributed by atoms with van der Waals surface area (Å²) in [4.78, 5) is 3.89. The van der Waals surface area contributed by atoms with Gasteiger partial charge in [-0.2, -0.15) is 5.26 Å². The van der Waals surface area contributed by atoms with E-state index in [9.17, 15) is 0 Å². The summed E-state index contributed by atoms with van der Waals surface area (Å²) in [6, 6.07) is 3.57. The van der Waals surface area contributed by atoms with Crippen molar-refractivity contribution in [3.63, 3.8) is 0 Å². The predicted octanol–water partition coefficient (Wildman–Crippen LogP) is 1.50. The number of aromatic nitrogens is 1. The van der Waals surface area contributed by atoms with Crippen LogP contribution in [0.4, 0.5) is 0 Å². The third-order valence-electron chi connectivity index (χ3n) is 1.98. The fraction of sp³-hybridized carbons (Fsp3) is 0.400. The van der Waals surface area contributed by atoms with E-state index in [0.717, 1.165) is 12.8 Å². The van der Waals surface area contributed by atoms with Crippen molar-refractivity contribution < 1.29 is 9.47 Å². The minimum atomic E-state index is 0.290. The van der Waals surface area contributed by atoms with Gasteiger partial charge in [-0.15, -0.1) is 0 Å². The molecule has 72 valence electrons. The zero-order chi connectivity index (χ0) is 9.97. The molecule has 0 radical (unpaired) electrons. The van der Waals surface area contributed by atoms with Gasteiger partial charge in [-0.3, -0.25) is 0 Å². The number of hydrogen-bond donors (Lipinski definition) is 0. The van der Waals surface area contributed by atoms with Gasteiger partial charge >= 0.3 is 0 Å². The van der Waals surface area contributed by atoms with Gasteiger partial charge in [0, 0.05) is 6.07 Å². The molecule has 0 aromatic carbocycles. The van der Waals surface area contributed by atoms with Crippen LogP contribution in [0.3, 0.4) is 0 Å². The van der Waals surface area contributed by atoms with Crippen molar-refractivity contribution in [2.45, 2.75) is 18.9 Å². The van der Waals surface area contributed by atoms with Gasteiger partial charge in [0.15, 0.2) is 11.5 Å². The third-order valence-corrected chi connectivity index (χ3v) is 1.98. The molecule has 1 aliphatic rings. The van der Waals surface area contributed by atoms with E-state index >= 15 is 0 Å². The third kappa shape index (κ3) is 1.77. The van der Waals surface area contributed by atoms with Crippen LogP contribution < -0.4 is 9.47 Å². The SMILES string of the molecule is COc1cnc(C#N)cc1OC1CC1. The van der Waals surface area contributed by atoms with E-state index in [2.05, 4.69) is 4.98 Å². The Bertz CT molecular complexity index is 380. The fourth-order valence-corrected chi connectivity index (χ4v) is 1.10. The Balaban J connectivity index is 2.27. The molecule has 0 N–H and O–H groups in total. The molecule has 0 bridgehead atoms. The summed E-state index contributed by atoms with van der Waals surface area (Å²) in [6.45, 7) is 0. The molecule has 1 aliphatic carbocycles. The predicted molar refractivity (Wildman–Crippen MR) is 49.2 cm³/mol. The molecule has 0 amide bonds. The minimum absolute atomic E-state index is 0.290. The molecule has 0 aliphatic heterocycles. The Hall–Kier alpha value is -1.76. The quantitative estimate of drug-likeness (QED) is 0.724. The summed E-state index contributed by atoms with van der Waals surface area (Å²) in [5.41, 5.74) is 0.349. The second-order valence-electron chi connectivity index (χ2n) is 3.15. The van der Waals surface area contributed by atoms with E-state index in [1.807, 2.05) is 6.07 Å². The molecule has 4 heteroatoms. The number of pyridine rings is 1. The molecule has 1 saturated carbocycles. The van der Waals surface area contributed by atoms with Crippen LogP contribution in [0.25, 0.3) is 0 Å². The van der Waals surface area contributed by atoms with Crippen LogP contribution in [0.2, 0.25) is 0 Å². The summed E-state index contributed by atoms with van der Waals surface area (Å²) >= 11 is 0. The van der Waals surface area contributed by atoms with Crippen molar-refractivity contribution >= 4 is 0 Å². The van der Waals surface area contributed by atoms with Crippen LogP contribution in [0, 0.1) is 11.3 Å². The molecular weight excluding hydrogens is 180 g/mol. The zero-order valence-electron chi connectivity index (χ0n) is 7.86. The van der Waals surface area contributed by atoms with Gasteiger partial charge in [-0.25, -0.2) is 4.98 Å². The van der Waals surface area contributed by atoms with Gasteiger partial charge in [0.25, 0.3) is 0 Å². The van der Waals surface area contributed by atoms with Crippen LogP contribution in [-0.4, -0.2) is 18.2 Å². The topological polar surface area (TPSA) is 55.1 Å². The average molecular weight is 190 g/mol. The van der Waals surface area contributed by atoms with Gasteiger partial charge < -0.3 is 9.47 Å². The van der Waals surface area contributed by atoms with E-state index in [1.54, 1.807) is 13.2 Å². The number of nitrogens with zero attached hydrogens (tertiary/aromatic N) is 2. The van der Waals surface area contributed by atoms with Crippen molar-refractivity contribution in [3.8, 4) is 17.6 Å². The molecule has 14 heavy (non-hydrogen) atoms. The molecule has 0 unspecified atom stereocenters. The van der Waals surface area contributed by atoms with E-state index < -0.39 is 0 Å². The fourth-order valence-electron chi connectivity index (χ4n) is 1.10. The molecule has 0 spiro atoms. The van der Waals surface area contributed by atoms with E-state index in [1.165, 1.54) is 6.20 Å². The minimum Gasteiger partial charge on any atom is -0.491 e. The molecular formula is C10H10N2O2. The highest BCUT2D eigenvalue weighted by molar-refractivity contribution is 5.42. The van der Waals surface area contributed by atoms with Crippen molar-refractivity contribution in [1.29, 1.82) is 5.26 Å². The number of rotatable bonds is 3. The maximum absolute atomic E-state index is 8.67. The average Bonchev–Trinajstić information content (AvgIpc) is 3.01. The molecule has 4 nitrogen and oxygen atoms in total. The van der Waals surface area contributed by atoms with E-state index in [-0.39, 0.29) is 6.10 Å².